The van der Waals surface area contributed by atoms with Crippen LogP contribution in [-0.4, -0.2) is 0 Å². The number of anilines is 1. The van der Waals surface area contributed by atoms with Gasteiger partial charge in [0.1, 0.15) is 23.9 Å². The lowest BCUT2D eigenvalue weighted by atomic mass is 10.2. The van der Waals surface area contributed by atoms with E-state index in [1.807, 2.05) is 24.3 Å². The van der Waals surface area contributed by atoms with Gasteiger partial charge < -0.3 is 10.5 Å². The highest BCUT2D eigenvalue weighted by Gasteiger charge is 2.09. The summed E-state index contributed by atoms with van der Waals surface area (Å²) in [5.74, 6) is -1.52. The minimum atomic E-state index is -0.819. The van der Waals surface area contributed by atoms with Crippen LogP contribution in [0.25, 0.3) is 0 Å². The molecule has 2 nitrogen and oxygen atoms in total. The van der Waals surface area contributed by atoms with Crippen LogP contribution >= 0.6 is 15.9 Å². The summed E-state index contributed by atoms with van der Waals surface area (Å²) in [4.78, 5) is 0. The van der Waals surface area contributed by atoms with Crippen LogP contribution in [0, 0.1) is 11.6 Å². The zero-order chi connectivity index (χ0) is 13.1. The lowest BCUT2D eigenvalue weighted by Gasteiger charge is -2.09. The first kappa shape index (κ1) is 12.8. The fourth-order valence-electron chi connectivity index (χ4n) is 1.42. The molecule has 0 unspecified atom stereocenters. The Kier molecular flexibility index (Phi) is 3.81. The fourth-order valence-corrected chi connectivity index (χ4v) is 1.69. The van der Waals surface area contributed by atoms with Crippen LogP contribution in [0.3, 0.4) is 0 Å². The fraction of sp³-hybridized carbons (Fsp3) is 0.0769. The maximum absolute atomic E-state index is 13.2. The first-order chi connectivity index (χ1) is 8.56. The molecule has 0 aliphatic carbocycles. The predicted octanol–water partition coefficient (Wildman–Crippen LogP) is 3.89. The molecule has 0 atom stereocenters. The Hall–Kier alpha value is -1.62. The molecule has 2 N–H and O–H groups in total. The average molecular weight is 314 g/mol. The second-order valence-electron chi connectivity index (χ2n) is 3.71. The van der Waals surface area contributed by atoms with Gasteiger partial charge >= 0.3 is 0 Å². The second-order valence-corrected chi connectivity index (χ2v) is 4.63. The summed E-state index contributed by atoms with van der Waals surface area (Å²) in [6.45, 7) is 0.195. The molecule has 2 aromatic carbocycles. The minimum Gasteiger partial charge on any atom is -0.487 e. The summed E-state index contributed by atoms with van der Waals surface area (Å²) in [7, 11) is 0. The van der Waals surface area contributed by atoms with Crippen LogP contribution in [0.1, 0.15) is 5.56 Å². The smallest absolute Gasteiger partial charge is 0.152 e. The molecule has 0 fully saturated rings. The van der Waals surface area contributed by atoms with E-state index in [0.717, 1.165) is 22.2 Å². The lowest BCUT2D eigenvalue weighted by molar-refractivity contribution is 0.305. The topological polar surface area (TPSA) is 35.2 Å². The summed E-state index contributed by atoms with van der Waals surface area (Å²) in [6.07, 6.45) is 0. The number of hydrogen-bond acceptors (Lipinski definition) is 2. The van der Waals surface area contributed by atoms with Crippen molar-refractivity contribution >= 4 is 21.6 Å². The van der Waals surface area contributed by atoms with Gasteiger partial charge in [0.15, 0.2) is 5.82 Å². The van der Waals surface area contributed by atoms with Crippen LogP contribution in [0.4, 0.5) is 14.5 Å². The molecule has 0 bridgehead atoms. The molecular formula is C13H10BrF2NO. The zero-order valence-electron chi connectivity index (χ0n) is 9.29. The third-order valence-electron chi connectivity index (χ3n) is 2.36. The Bertz CT molecular complexity index is 558. The van der Waals surface area contributed by atoms with Crippen LogP contribution in [0.15, 0.2) is 40.9 Å². The highest BCUT2D eigenvalue weighted by Crippen LogP contribution is 2.26. The van der Waals surface area contributed by atoms with Crippen molar-refractivity contribution in [1.29, 1.82) is 0 Å². The van der Waals surface area contributed by atoms with E-state index in [1.54, 1.807) is 0 Å². The van der Waals surface area contributed by atoms with Crippen molar-refractivity contribution in [3.63, 3.8) is 0 Å². The van der Waals surface area contributed by atoms with Gasteiger partial charge in [-0.2, -0.15) is 0 Å². The molecule has 2 aromatic rings. The Morgan fingerprint density at radius 2 is 1.78 bits per heavy atom. The Balaban J connectivity index is 2.13. The van der Waals surface area contributed by atoms with Crippen molar-refractivity contribution in [2.24, 2.45) is 0 Å². The Morgan fingerprint density at radius 3 is 2.44 bits per heavy atom. The van der Waals surface area contributed by atoms with E-state index in [9.17, 15) is 8.78 Å². The van der Waals surface area contributed by atoms with Crippen LogP contribution in [-0.2, 0) is 6.61 Å². The maximum Gasteiger partial charge on any atom is 0.152 e. The number of nitrogens with two attached hydrogens (primary N) is 1. The molecule has 0 aliphatic heterocycles. The van der Waals surface area contributed by atoms with E-state index < -0.39 is 11.6 Å². The van der Waals surface area contributed by atoms with Crippen molar-refractivity contribution < 1.29 is 13.5 Å². The molecule has 18 heavy (non-hydrogen) atoms. The van der Waals surface area contributed by atoms with Gasteiger partial charge in [-0.3, -0.25) is 0 Å². The number of ether oxygens (including phenoxy) is 1. The van der Waals surface area contributed by atoms with E-state index in [2.05, 4.69) is 15.9 Å². The van der Waals surface area contributed by atoms with E-state index in [1.165, 1.54) is 0 Å². The number of nitrogen functional groups attached to an aromatic ring is 1. The minimum absolute atomic E-state index is 0.00965. The summed E-state index contributed by atoms with van der Waals surface area (Å²) in [5, 5.41) is 0. The van der Waals surface area contributed by atoms with Crippen LogP contribution in [0.5, 0.6) is 5.75 Å². The van der Waals surface area contributed by atoms with Gasteiger partial charge in [0, 0.05) is 16.6 Å². The molecule has 0 heterocycles. The van der Waals surface area contributed by atoms with E-state index in [0.29, 0.717) is 0 Å². The van der Waals surface area contributed by atoms with Crippen LogP contribution in [0.2, 0.25) is 0 Å². The van der Waals surface area contributed by atoms with Gasteiger partial charge in [-0.25, -0.2) is 8.78 Å². The van der Waals surface area contributed by atoms with Crippen molar-refractivity contribution in [2.75, 3.05) is 5.73 Å². The van der Waals surface area contributed by atoms with Crippen molar-refractivity contribution in [3.8, 4) is 5.75 Å². The average Bonchev–Trinajstić information content (AvgIpc) is 2.34. The quantitative estimate of drug-likeness (QED) is 0.873. The molecule has 0 spiro atoms. The molecule has 0 aromatic heterocycles. The molecule has 0 aliphatic rings. The van der Waals surface area contributed by atoms with Gasteiger partial charge in [-0.1, -0.05) is 28.1 Å². The zero-order valence-corrected chi connectivity index (χ0v) is 10.9. The number of halogens is 3. The largest absolute Gasteiger partial charge is 0.487 e. The number of benzene rings is 2. The molecule has 0 radical (unpaired) electrons. The summed E-state index contributed by atoms with van der Waals surface area (Å²) in [5.41, 5.74) is 6.16. The lowest BCUT2D eigenvalue weighted by Crippen LogP contribution is -2.01. The van der Waals surface area contributed by atoms with Gasteiger partial charge in [0.25, 0.3) is 0 Å². The Labute approximate surface area is 112 Å². The molecule has 94 valence electrons. The number of hydrogen-bond donors (Lipinski definition) is 1. The monoisotopic (exact) mass is 313 g/mol. The van der Waals surface area contributed by atoms with E-state index in [-0.39, 0.29) is 18.0 Å². The first-order valence-corrected chi connectivity index (χ1v) is 5.97. The highest BCUT2D eigenvalue weighted by atomic mass is 79.9. The van der Waals surface area contributed by atoms with Crippen molar-refractivity contribution in [2.45, 2.75) is 6.61 Å². The van der Waals surface area contributed by atoms with Crippen LogP contribution < -0.4 is 10.5 Å². The van der Waals surface area contributed by atoms with Crippen molar-refractivity contribution in [3.05, 3.63) is 58.1 Å². The third kappa shape index (κ3) is 2.98. The van der Waals surface area contributed by atoms with Gasteiger partial charge in [0.2, 0.25) is 0 Å². The standard InChI is InChI=1S/C13H10BrF2NO/c14-9-3-1-8(2-4-9)7-18-12-6-10(15)5-11(16)13(12)17/h1-6H,7,17H2. The molecule has 0 saturated heterocycles. The molecular weight excluding hydrogens is 304 g/mol. The predicted molar refractivity (Wildman–Crippen MR) is 69.2 cm³/mol. The van der Waals surface area contributed by atoms with E-state index >= 15 is 0 Å². The van der Waals surface area contributed by atoms with Gasteiger partial charge in [-0.05, 0) is 17.7 Å². The number of rotatable bonds is 3. The summed E-state index contributed by atoms with van der Waals surface area (Å²) >= 11 is 3.31. The second kappa shape index (κ2) is 5.35. The third-order valence-corrected chi connectivity index (χ3v) is 2.89. The van der Waals surface area contributed by atoms with Gasteiger partial charge in [0.05, 0.1) is 0 Å². The maximum atomic E-state index is 13.2. The molecule has 5 heteroatoms. The molecule has 2 rings (SSSR count). The first-order valence-electron chi connectivity index (χ1n) is 5.18. The molecule has 0 amide bonds. The SMILES string of the molecule is Nc1c(F)cc(F)cc1OCc1ccc(Br)cc1. The highest BCUT2D eigenvalue weighted by molar-refractivity contribution is 9.10. The summed E-state index contributed by atoms with van der Waals surface area (Å²) in [6, 6.07) is 9.19. The van der Waals surface area contributed by atoms with Crippen molar-refractivity contribution in [1.82, 2.24) is 0 Å². The Morgan fingerprint density at radius 1 is 1.11 bits per heavy atom. The normalized spacial score (nSPS) is 10.4. The van der Waals surface area contributed by atoms with Gasteiger partial charge in [-0.15, -0.1) is 0 Å². The van der Waals surface area contributed by atoms with E-state index in [4.69, 9.17) is 10.5 Å². The summed E-state index contributed by atoms with van der Waals surface area (Å²) < 4.78 is 32.4. The molecule has 0 saturated carbocycles.